The van der Waals surface area contributed by atoms with Crippen molar-refractivity contribution in [2.24, 2.45) is 0 Å². The summed E-state index contributed by atoms with van der Waals surface area (Å²) in [6.45, 7) is 6.96. The lowest BCUT2D eigenvalue weighted by atomic mass is 10.1. The second kappa shape index (κ2) is 7.60. The van der Waals surface area contributed by atoms with E-state index in [0.717, 1.165) is 23.4 Å². The van der Waals surface area contributed by atoms with E-state index < -0.39 is 0 Å². The third-order valence-corrected chi connectivity index (χ3v) is 5.87. The number of carbonyl (C=O) groups is 1. The highest BCUT2D eigenvalue weighted by Gasteiger charge is 2.20. The number of nitrogens with zero attached hydrogens (tertiary/aromatic N) is 2. The molecule has 0 bridgehead atoms. The highest BCUT2D eigenvalue weighted by atomic mass is 32.1. The molecule has 0 saturated heterocycles. The number of carbonyl (C=O) groups excluding carboxylic acids is 1. The molecule has 2 aromatic heterocycles. The Morgan fingerprint density at radius 3 is 2.75 bits per heavy atom. The Hall–Kier alpha value is -2.92. The third-order valence-electron chi connectivity index (χ3n) is 5.00. The highest BCUT2D eigenvalue weighted by molar-refractivity contribution is 7.12. The van der Waals surface area contributed by atoms with E-state index in [4.69, 9.17) is 4.98 Å². The van der Waals surface area contributed by atoms with Gasteiger partial charge in [-0.25, -0.2) is 4.98 Å². The summed E-state index contributed by atoms with van der Waals surface area (Å²) in [5.74, 6) is 0.805. The smallest absolute Gasteiger partial charge is 0.261 e. The lowest BCUT2D eigenvalue weighted by molar-refractivity contribution is 0.0942. The van der Waals surface area contributed by atoms with E-state index in [1.165, 1.54) is 28.0 Å². The number of imidazole rings is 1. The molecule has 5 heteroatoms. The van der Waals surface area contributed by atoms with Crippen LogP contribution in [-0.4, -0.2) is 15.5 Å². The van der Waals surface area contributed by atoms with Crippen molar-refractivity contribution in [3.63, 3.8) is 0 Å². The maximum Gasteiger partial charge on any atom is 0.261 e. The van der Waals surface area contributed by atoms with Gasteiger partial charge in [-0.1, -0.05) is 42.0 Å². The first-order chi connectivity index (χ1) is 13.5. The Bertz CT molecular complexity index is 1130. The van der Waals surface area contributed by atoms with Gasteiger partial charge in [0.05, 0.1) is 22.0 Å². The number of amides is 1. The average molecular weight is 390 g/mol. The molecule has 0 radical (unpaired) electrons. The summed E-state index contributed by atoms with van der Waals surface area (Å²) in [6, 6.07) is 18.2. The molecule has 1 atom stereocenters. The molecule has 0 spiro atoms. The van der Waals surface area contributed by atoms with Crippen LogP contribution in [0.3, 0.4) is 0 Å². The highest BCUT2D eigenvalue weighted by Crippen LogP contribution is 2.24. The lowest BCUT2D eigenvalue weighted by Crippen LogP contribution is -2.28. The van der Waals surface area contributed by atoms with Gasteiger partial charge in [-0.05, 0) is 55.5 Å². The van der Waals surface area contributed by atoms with Crippen molar-refractivity contribution in [2.45, 2.75) is 33.4 Å². The molecule has 0 aliphatic rings. The number of rotatable bonds is 5. The third kappa shape index (κ3) is 3.58. The zero-order chi connectivity index (χ0) is 19.7. The van der Waals surface area contributed by atoms with E-state index in [1.807, 2.05) is 42.6 Å². The Kier molecular flexibility index (Phi) is 5.01. The Balaban J connectivity index is 1.72. The molecule has 2 heterocycles. The fourth-order valence-electron chi connectivity index (χ4n) is 3.47. The van der Waals surface area contributed by atoms with Crippen molar-refractivity contribution in [3.8, 4) is 0 Å². The van der Waals surface area contributed by atoms with E-state index in [0.29, 0.717) is 4.88 Å². The molecule has 4 rings (SSSR count). The van der Waals surface area contributed by atoms with Crippen LogP contribution < -0.4 is 5.32 Å². The molecule has 4 aromatic rings. The van der Waals surface area contributed by atoms with Crippen molar-refractivity contribution in [3.05, 3.63) is 87.4 Å². The van der Waals surface area contributed by atoms with Gasteiger partial charge in [0.2, 0.25) is 0 Å². The van der Waals surface area contributed by atoms with Gasteiger partial charge in [0.1, 0.15) is 5.82 Å². The first-order valence-electron chi connectivity index (χ1n) is 9.38. The number of fused-ring (bicyclic) bond motifs is 1. The number of hydrogen-bond acceptors (Lipinski definition) is 3. The first kappa shape index (κ1) is 18.4. The Morgan fingerprint density at radius 2 is 1.96 bits per heavy atom. The van der Waals surface area contributed by atoms with Crippen LogP contribution in [0.4, 0.5) is 0 Å². The quantitative estimate of drug-likeness (QED) is 0.506. The van der Waals surface area contributed by atoms with Crippen LogP contribution >= 0.6 is 11.3 Å². The maximum atomic E-state index is 12.5. The lowest BCUT2D eigenvalue weighted by Gasteiger charge is -2.17. The minimum Gasteiger partial charge on any atom is -0.342 e. The van der Waals surface area contributed by atoms with Crippen molar-refractivity contribution in [2.75, 3.05) is 0 Å². The zero-order valence-corrected chi connectivity index (χ0v) is 17.1. The summed E-state index contributed by atoms with van der Waals surface area (Å²) in [6.07, 6.45) is 0. The zero-order valence-electron chi connectivity index (χ0n) is 16.3. The summed E-state index contributed by atoms with van der Waals surface area (Å²) < 4.78 is 2.22. The first-order valence-corrected chi connectivity index (χ1v) is 10.3. The summed E-state index contributed by atoms with van der Waals surface area (Å²) >= 11 is 1.44. The monoisotopic (exact) mass is 389 g/mol. The minimum atomic E-state index is -0.202. The fourth-order valence-corrected chi connectivity index (χ4v) is 4.10. The van der Waals surface area contributed by atoms with Crippen LogP contribution in [0, 0.1) is 13.8 Å². The summed E-state index contributed by atoms with van der Waals surface area (Å²) in [4.78, 5) is 18.1. The van der Waals surface area contributed by atoms with E-state index in [-0.39, 0.29) is 11.9 Å². The van der Waals surface area contributed by atoms with Gasteiger partial charge in [0, 0.05) is 6.54 Å². The SMILES string of the molecule is Cc1ccc(C)c(Cn2c([C@H](C)NC(=O)c3cccs3)nc3ccccc32)c1. The van der Waals surface area contributed by atoms with Crippen molar-refractivity contribution in [1.29, 1.82) is 0 Å². The van der Waals surface area contributed by atoms with E-state index >= 15 is 0 Å². The largest absolute Gasteiger partial charge is 0.342 e. The molecule has 0 fully saturated rings. The molecule has 0 saturated carbocycles. The second-order valence-electron chi connectivity index (χ2n) is 7.15. The second-order valence-corrected chi connectivity index (χ2v) is 8.09. The van der Waals surface area contributed by atoms with Crippen LogP contribution in [0.25, 0.3) is 11.0 Å². The van der Waals surface area contributed by atoms with Gasteiger partial charge >= 0.3 is 0 Å². The summed E-state index contributed by atoms with van der Waals surface area (Å²) in [5, 5.41) is 5.01. The van der Waals surface area contributed by atoms with Gasteiger partial charge in [-0.3, -0.25) is 4.79 Å². The van der Waals surface area contributed by atoms with Gasteiger partial charge in [0.25, 0.3) is 5.91 Å². The molecule has 4 nitrogen and oxygen atoms in total. The summed E-state index contributed by atoms with van der Waals surface area (Å²) in [5.41, 5.74) is 5.78. The van der Waals surface area contributed by atoms with Crippen molar-refractivity contribution >= 4 is 28.3 Å². The Labute approximate surface area is 168 Å². The topological polar surface area (TPSA) is 46.9 Å². The number of aryl methyl sites for hydroxylation is 2. The Morgan fingerprint density at radius 1 is 1.14 bits per heavy atom. The number of thiophene rings is 1. The number of hydrogen-bond donors (Lipinski definition) is 1. The molecule has 28 heavy (non-hydrogen) atoms. The molecule has 1 N–H and O–H groups in total. The van der Waals surface area contributed by atoms with Crippen molar-refractivity contribution in [1.82, 2.24) is 14.9 Å². The molecule has 0 unspecified atom stereocenters. The average Bonchev–Trinajstić information content (AvgIpc) is 3.33. The standard InChI is InChI=1S/C23H23N3OS/c1-15-10-11-16(2)18(13-15)14-26-20-8-5-4-7-19(20)25-22(26)17(3)24-23(27)21-9-6-12-28-21/h4-13,17H,14H2,1-3H3,(H,24,27)/t17-/m0/s1. The molecule has 1 amide bonds. The van der Waals surface area contributed by atoms with Crippen LogP contribution in [-0.2, 0) is 6.54 Å². The van der Waals surface area contributed by atoms with Crippen LogP contribution in [0.2, 0.25) is 0 Å². The van der Waals surface area contributed by atoms with Gasteiger partial charge in [-0.15, -0.1) is 11.3 Å². The van der Waals surface area contributed by atoms with E-state index in [2.05, 4.69) is 48.0 Å². The number of nitrogens with one attached hydrogen (secondary N) is 1. The van der Waals surface area contributed by atoms with Gasteiger partial charge < -0.3 is 9.88 Å². The molecule has 142 valence electrons. The van der Waals surface area contributed by atoms with Gasteiger partial charge in [-0.2, -0.15) is 0 Å². The molecule has 2 aromatic carbocycles. The predicted octanol–water partition coefficient (Wildman–Crippen LogP) is 5.25. The van der Waals surface area contributed by atoms with Gasteiger partial charge in [0.15, 0.2) is 0 Å². The normalized spacial score (nSPS) is 12.2. The minimum absolute atomic E-state index is 0.0622. The molecule has 0 aliphatic carbocycles. The van der Waals surface area contributed by atoms with Crippen LogP contribution in [0.5, 0.6) is 0 Å². The van der Waals surface area contributed by atoms with Crippen LogP contribution in [0.15, 0.2) is 60.0 Å². The molecule has 0 aliphatic heterocycles. The summed E-state index contributed by atoms with van der Waals surface area (Å²) in [7, 11) is 0. The van der Waals surface area contributed by atoms with E-state index in [9.17, 15) is 4.79 Å². The number of benzene rings is 2. The maximum absolute atomic E-state index is 12.5. The predicted molar refractivity (Wildman–Crippen MR) is 115 cm³/mol. The molecular weight excluding hydrogens is 366 g/mol. The number of para-hydroxylation sites is 2. The van der Waals surface area contributed by atoms with Crippen LogP contribution in [0.1, 0.15) is 45.2 Å². The number of aromatic nitrogens is 2. The fraction of sp³-hybridized carbons (Fsp3) is 0.217. The van der Waals surface area contributed by atoms with E-state index in [1.54, 1.807) is 0 Å². The van der Waals surface area contributed by atoms with Crippen molar-refractivity contribution < 1.29 is 4.79 Å². The molecular formula is C23H23N3OS.